The van der Waals surface area contributed by atoms with Crippen LogP contribution in [0.1, 0.15) is 55.3 Å². The second-order valence-electron chi connectivity index (χ2n) is 11.6. The molecule has 0 atom stereocenters. The van der Waals surface area contributed by atoms with Gasteiger partial charge in [0.15, 0.2) is 11.6 Å². The molecule has 0 radical (unpaired) electrons. The summed E-state index contributed by atoms with van der Waals surface area (Å²) in [6.45, 7) is 4.82. The molecule has 0 aliphatic carbocycles. The highest BCUT2D eigenvalue weighted by atomic mass is 35.5. The van der Waals surface area contributed by atoms with Crippen molar-refractivity contribution in [1.29, 1.82) is 0 Å². The largest absolute Gasteiger partial charge is 0.478 e. The van der Waals surface area contributed by atoms with Gasteiger partial charge in [-0.25, -0.2) is 28.9 Å². The zero-order chi connectivity index (χ0) is 37.7. The van der Waals surface area contributed by atoms with Gasteiger partial charge in [-0.15, -0.1) is 10.2 Å². The summed E-state index contributed by atoms with van der Waals surface area (Å²) < 4.78 is 94.4. The summed E-state index contributed by atoms with van der Waals surface area (Å²) in [5, 5.41) is 16.5. The highest BCUT2D eigenvalue weighted by molar-refractivity contribution is 6.32. The van der Waals surface area contributed by atoms with Gasteiger partial charge in [-0.1, -0.05) is 23.2 Å². The molecule has 4 rings (SSSR count). The summed E-state index contributed by atoms with van der Waals surface area (Å²) in [6, 6.07) is 8.30. The maximum absolute atomic E-state index is 12.8. The predicted octanol–water partition coefficient (Wildman–Crippen LogP) is 7.65. The first-order chi connectivity index (χ1) is 23.1. The Morgan fingerprint density at radius 1 is 0.720 bits per heavy atom. The fourth-order valence-corrected chi connectivity index (χ4v) is 3.78. The molecule has 4 aromatic rings. The Bertz CT molecular complexity index is 1810. The van der Waals surface area contributed by atoms with E-state index in [1.165, 1.54) is 58.2 Å². The van der Waals surface area contributed by atoms with E-state index >= 15 is 0 Å². The lowest BCUT2D eigenvalue weighted by Gasteiger charge is -2.26. The van der Waals surface area contributed by atoms with Crippen LogP contribution in [0.3, 0.4) is 0 Å². The van der Waals surface area contributed by atoms with Crippen LogP contribution in [0, 0.1) is 10.8 Å². The second-order valence-corrected chi connectivity index (χ2v) is 12.3. The summed E-state index contributed by atoms with van der Waals surface area (Å²) in [7, 11) is 0. The summed E-state index contributed by atoms with van der Waals surface area (Å²) in [4.78, 5) is 30.5. The lowest BCUT2D eigenvalue weighted by atomic mass is 9.94. The van der Waals surface area contributed by atoms with Gasteiger partial charge in [-0.05, 0) is 58.9 Å². The van der Waals surface area contributed by atoms with E-state index in [2.05, 4.69) is 20.2 Å². The number of ether oxygens (including phenoxy) is 3. The molecule has 20 heteroatoms. The third kappa shape index (κ3) is 9.99. The van der Waals surface area contributed by atoms with E-state index in [0.717, 1.165) is 27.7 Å². The van der Waals surface area contributed by atoms with Crippen LogP contribution in [0.5, 0.6) is 11.8 Å². The Hall–Kier alpha value is -4.58. The molecule has 0 saturated carbocycles. The van der Waals surface area contributed by atoms with Gasteiger partial charge >= 0.3 is 24.3 Å². The van der Waals surface area contributed by atoms with Gasteiger partial charge in [-0.3, -0.25) is 0 Å². The third-order valence-electron chi connectivity index (χ3n) is 6.69. The van der Waals surface area contributed by atoms with Crippen LogP contribution < -0.4 is 9.47 Å². The van der Waals surface area contributed by atoms with Crippen molar-refractivity contribution in [1.82, 2.24) is 29.5 Å². The summed E-state index contributed by atoms with van der Waals surface area (Å²) in [5.41, 5.74) is -4.11. The van der Waals surface area contributed by atoms with Crippen LogP contribution in [0.15, 0.2) is 48.8 Å². The number of carbonyl (C=O) groups excluding carboxylic acids is 1. The minimum absolute atomic E-state index is 0.00900. The molecule has 0 fully saturated rings. The lowest BCUT2D eigenvalue weighted by Crippen LogP contribution is -2.37. The molecule has 1 N–H and O–H groups in total. The molecule has 272 valence electrons. The zero-order valence-electron chi connectivity index (χ0n) is 26.9. The Morgan fingerprint density at radius 2 is 1.12 bits per heavy atom. The van der Waals surface area contributed by atoms with E-state index in [9.17, 15) is 35.9 Å². The number of pyridine rings is 2. The number of hydrogen-bond acceptors (Lipinski definition) is 9. The van der Waals surface area contributed by atoms with Crippen molar-refractivity contribution in [2.24, 2.45) is 10.8 Å². The van der Waals surface area contributed by atoms with E-state index in [-0.39, 0.29) is 51.4 Å². The summed E-state index contributed by atoms with van der Waals surface area (Å²) >= 11 is 11.7. The number of aromatic nitrogens is 6. The highest BCUT2D eigenvalue weighted by Gasteiger charge is 2.49. The number of esters is 1. The Kier molecular flexibility index (Phi) is 12.4. The van der Waals surface area contributed by atoms with E-state index in [0.29, 0.717) is 0 Å². The van der Waals surface area contributed by atoms with Gasteiger partial charge in [-0.2, -0.15) is 26.3 Å². The SMILES string of the molecule is CC(C)(COc1ccn(-c2ccc(C(=O)O)c(Cl)n2)n1)C(F)(F)F.CCOC(=O)c1ccc(-n2ccc(OCC(C)(C)C(F)(F)F)n2)nc1Cl. The molecule has 4 aromatic heterocycles. The van der Waals surface area contributed by atoms with Crippen molar-refractivity contribution in [2.75, 3.05) is 19.8 Å². The molecule has 50 heavy (non-hydrogen) atoms. The van der Waals surface area contributed by atoms with Crippen molar-refractivity contribution in [3.05, 3.63) is 70.2 Å². The number of carboxylic acids is 1. The quantitative estimate of drug-likeness (QED) is 0.0921. The number of carboxylic acid groups (broad SMARTS) is 1. The van der Waals surface area contributed by atoms with Crippen molar-refractivity contribution in [2.45, 2.75) is 47.0 Å². The second kappa shape index (κ2) is 15.5. The van der Waals surface area contributed by atoms with Gasteiger partial charge in [0, 0.05) is 24.5 Å². The molecule has 0 bridgehead atoms. The molecule has 0 unspecified atom stereocenters. The standard InChI is InChI=1S/C16H17ClF3N3O3.C14H13ClF3N3O3/c1-4-25-14(24)10-5-6-11(21-13(10)17)23-8-7-12(22-23)26-9-15(2,3)16(18,19)20;1-13(2,14(16,17)18)7-24-10-5-6-21(20-10)9-4-3-8(12(22)23)11(15)19-9/h5-8H,4,9H2,1-3H3;3-6H,7H2,1-2H3,(H,22,23). The molecule has 0 saturated heterocycles. The van der Waals surface area contributed by atoms with Gasteiger partial charge < -0.3 is 19.3 Å². The average molecular weight is 756 g/mol. The highest BCUT2D eigenvalue weighted by Crippen LogP contribution is 2.38. The van der Waals surface area contributed by atoms with Gasteiger partial charge in [0.25, 0.3) is 0 Å². The van der Waals surface area contributed by atoms with E-state index in [1.54, 1.807) is 6.92 Å². The number of rotatable bonds is 11. The molecular weight excluding hydrogens is 725 g/mol. The van der Waals surface area contributed by atoms with Crippen LogP contribution in [0.4, 0.5) is 26.3 Å². The Labute approximate surface area is 290 Å². The molecule has 0 amide bonds. The van der Waals surface area contributed by atoms with Crippen LogP contribution in [0.2, 0.25) is 10.3 Å². The number of aromatic carboxylic acids is 1. The maximum atomic E-state index is 12.8. The van der Waals surface area contributed by atoms with Crippen molar-refractivity contribution >= 4 is 35.1 Å². The van der Waals surface area contributed by atoms with Crippen LogP contribution in [-0.2, 0) is 4.74 Å². The number of alkyl halides is 6. The fourth-order valence-electron chi connectivity index (χ4n) is 3.32. The van der Waals surface area contributed by atoms with Gasteiger partial charge in [0.05, 0.1) is 28.6 Å². The number of hydrogen-bond donors (Lipinski definition) is 1. The van der Waals surface area contributed by atoms with Crippen molar-refractivity contribution < 1.29 is 55.2 Å². The van der Waals surface area contributed by atoms with Crippen LogP contribution >= 0.6 is 23.2 Å². The van der Waals surface area contributed by atoms with Crippen LogP contribution in [-0.4, -0.2) is 78.7 Å². The van der Waals surface area contributed by atoms with Crippen molar-refractivity contribution in [3.8, 4) is 23.4 Å². The van der Waals surface area contributed by atoms with E-state index in [4.69, 9.17) is 42.5 Å². The first-order valence-corrected chi connectivity index (χ1v) is 15.1. The predicted molar refractivity (Wildman–Crippen MR) is 166 cm³/mol. The first-order valence-electron chi connectivity index (χ1n) is 14.3. The molecule has 0 aliphatic rings. The number of halogens is 8. The number of carbonyl (C=O) groups is 2. The molecule has 0 aromatic carbocycles. The molecule has 4 heterocycles. The minimum Gasteiger partial charge on any atom is -0.478 e. The topological polar surface area (TPSA) is 143 Å². The Balaban J connectivity index is 0.000000271. The number of nitrogens with zero attached hydrogens (tertiary/aromatic N) is 6. The molecular formula is C30H30Cl2F6N6O6. The molecule has 12 nitrogen and oxygen atoms in total. The minimum atomic E-state index is -4.41. The summed E-state index contributed by atoms with van der Waals surface area (Å²) in [5.74, 6) is -1.36. The zero-order valence-corrected chi connectivity index (χ0v) is 28.4. The monoisotopic (exact) mass is 754 g/mol. The fraction of sp³-hybridized carbons (Fsp3) is 0.400. The normalized spacial score (nSPS) is 12.2. The van der Waals surface area contributed by atoms with Gasteiger partial charge in [0.1, 0.15) is 23.5 Å². The van der Waals surface area contributed by atoms with E-state index < -0.39 is 48.3 Å². The summed E-state index contributed by atoms with van der Waals surface area (Å²) in [6.07, 6.45) is -5.93. The van der Waals surface area contributed by atoms with Gasteiger partial charge in [0.2, 0.25) is 11.8 Å². The molecule has 0 aliphatic heterocycles. The van der Waals surface area contributed by atoms with E-state index in [1.807, 2.05) is 0 Å². The average Bonchev–Trinajstić information content (AvgIpc) is 3.68. The smallest absolute Gasteiger partial charge is 0.397 e. The molecule has 0 spiro atoms. The third-order valence-corrected chi connectivity index (χ3v) is 7.27. The van der Waals surface area contributed by atoms with Crippen LogP contribution in [0.25, 0.3) is 11.6 Å². The lowest BCUT2D eigenvalue weighted by molar-refractivity contribution is -0.220. The Morgan fingerprint density at radius 3 is 1.46 bits per heavy atom. The van der Waals surface area contributed by atoms with Crippen molar-refractivity contribution in [3.63, 3.8) is 0 Å². The maximum Gasteiger partial charge on any atom is 0.397 e. The first kappa shape index (κ1) is 39.9.